The van der Waals surface area contributed by atoms with Crippen LogP contribution < -0.4 is 5.32 Å². The summed E-state index contributed by atoms with van der Waals surface area (Å²) in [5.74, 6) is 4.00. The first-order valence-corrected chi connectivity index (χ1v) is 9.91. The monoisotopic (exact) mass is 354 g/mol. The second-order valence-corrected chi connectivity index (χ2v) is 8.55. The van der Waals surface area contributed by atoms with Gasteiger partial charge in [0.15, 0.2) is 0 Å². The van der Waals surface area contributed by atoms with E-state index in [2.05, 4.69) is 31.2 Å². The lowest BCUT2D eigenvalue weighted by Crippen LogP contribution is -2.67. The average Bonchev–Trinajstić information content (AvgIpc) is 3.24. The zero-order chi connectivity index (χ0) is 18.5. The van der Waals surface area contributed by atoms with Crippen LogP contribution in [0.15, 0.2) is 30.7 Å². The summed E-state index contributed by atoms with van der Waals surface area (Å²) in [6.07, 6.45) is 9.54. The summed E-state index contributed by atoms with van der Waals surface area (Å²) in [5, 5.41) is 7.53. The van der Waals surface area contributed by atoms with E-state index in [4.69, 9.17) is 0 Å². The average molecular weight is 354 g/mol. The maximum absolute atomic E-state index is 12.9. The van der Waals surface area contributed by atoms with Crippen LogP contribution in [0.1, 0.15) is 50.4 Å². The summed E-state index contributed by atoms with van der Waals surface area (Å²) in [5.41, 5.74) is 0.864. The van der Waals surface area contributed by atoms with E-state index in [-0.39, 0.29) is 11.3 Å². The van der Waals surface area contributed by atoms with E-state index in [1.165, 1.54) is 19.3 Å². The number of nitrogens with one attached hydrogen (secondary N) is 1. The van der Waals surface area contributed by atoms with Crippen molar-refractivity contribution in [1.82, 2.24) is 19.7 Å². The normalized spacial score (nSPS) is 32.5. The molecular weight excluding hydrogens is 324 g/mol. The second kappa shape index (κ2) is 6.29. The molecule has 0 radical (unpaired) electrons. The highest BCUT2D eigenvalue weighted by Gasteiger charge is 2.64. The van der Waals surface area contributed by atoms with E-state index in [9.17, 15) is 4.79 Å². The number of fused-ring (bicyclic) bond motifs is 1. The summed E-state index contributed by atoms with van der Waals surface area (Å²) < 4.78 is 3.69. The van der Waals surface area contributed by atoms with Gasteiger partial charge in [-0.3, -0.25) is 9.48 Å². The number of amides is 1. The Morgan fingerprint density at radius 2 is 2.12 bits per heavy atom. The summed E-state index contributed by atoms with van der Waals surface area (Å²) >= 11 is 0. The first-order chi connectivity index (χ1) is 12.5. The Hall–Kier alpha value is -2.04. The molecule has 0 aliphatic heterocycles. The molecule has 2 aromatic rings. The van der Waals surface area contributed by atoms with Gasteiger partial charge >= 0.3 is 0 Å². The van der Waals surface area contributed by atoms with E-state index in [0.29, 0.717) is 11.5 Å². The molecule has 2 aliphatic rings. The molecule has 0 bridgehead atoms. The molecule has 2 fully saturated rings. The van der Waals surface area contributed by atoms with Crippen molar-refractivity contribution in [3.63, 3.8) is 0 Å². The van der Waals surface area contributed by atoms with Gasteiger partial charge in [-0.25, -0.2) is 0 Å². The fraction of sp³-hybridized carbons (Fsp3) is 0.619. The molecule has 1 amide bonds. The van der Waals surface area contributed by atoms with Gasteiger partial charge in [-0.05, 0) is 47.6 Å². The van der Waals surface area contributed by atoms with E-state index < -0.39 is 0 Å². The molecule has 4 rings (SSSR count). The summed E-state index contributed by atoms with van der Waals surface area (Å²) in [6, 6.07) is 3.91. The molecule has 5 atom stereocenters. The maximum atomic E-state index is 12.9. The molecule has 0 saturated heterocycles. The highest BCUT2D eigenvalue weighted by atomic mass is 16.1. The molecule has 140 valence electrons. The predicted octanol–water partition coefficient (Wildman–Crippen LogP) is 3.65. The molecule has 2 unspecified atom stereocenters. The van der Waals surface area contributed by atoms with Crippen LogP contribution in [0.3, 0.4) is 0 Å². The summed E-state index contributed by atoms with van der Waals surface area (Å²) in [6.45, 7) is 7.77. The lowest BCUT2D eigenvalue weighted by molar-refractivity contribution is -0.208. The zero-order valence-electron chi connectivity index (χ0n) is 16.3. The van der Waals surface area contributed by atoms with Gasteiger partial charge < -0.3 is 9.88 Å². The van der Waals surface area contributed by atoms with Crippen LogP contribution >= 0.6 is 0 Å². The summed E-state index contributed by atoms with van der Waals surface area (Å²) in [7, 11) is 1.87. The van der Waals surface area contributed by atoms with Crippen molar-refractivity contribution >= 4 is 5.91 Å². The highest BCUT2D eigenvalue weighted by molar-refractivity contribution is 5.97. The van der Waals surface area contributed by atoms with Gasteiger partial charge in [-0.2, -0.15) is 5.10 Å². The molecule has 2 heterocycles. The second-order valence-electron chi connectivity index (χ2n) is 8.55. The zero-order valence-corrected chi connectivity index (χ0v) is 16.3. The minimum absolute atomic E-state index is 0.0231. The van der Waals surface area contributed by atoms with Crippen LogP contribution in [-0.2, 0) is 7.05 Å². The van der Waals surface area contributed by atoms with Crippen molar-refractivity contribution in [2.45, 2.75) is 40.0 Å². The van der Waals surface area contributed by atoms with Gasteiger partial charge in [0, 0.05) is 26.0 Å². The quantitative estimate of drug-likeness (QED) is 0.861. The first-order valence-electron chi connectivity index (χ1n) is 9.91. The topological polar surface area (TPSA) is 51.9 Å². The third-order valence-corrected chi connectivity index (χ3v) is 7.28. The Morgan fingerprint density at radius 1 is 1.38 bits per heavy atom. The van der Waals surface area contributed by atoms with E-state index in [0.717, 1.165) is 30.1 Å². The van der Waals surface area contributed by atoms with Gasteiger partial charge in [0.2, 0.25) is 0 Å². The Morgan fingerprint density at radius 3 is 2.81 bits per heavy atom. The number of carbonyl (C=O) groups excluding carboxylic acids is 1. The van der Waals surface area contributed by atoms with Gasteiger partial charge in [-0.1, -0.05) is 33.6 Å². The Balaban J connectivity index is 1.47. The number of nitrogens with zero attached hydrogens (tertiary/aromatic N) is 3. The Bertz CT molecular complexity index is 793. The van der Waals surface area contributed by atoms with E-state index in [1.54, 1.807) is 10.9 Å². The number of aryl methyl sites for hydroxylation is 1. The molecule has 1 N–H and O–H groups in total. The number of aromatic nitrogens is 3. The molecule has 2 saturated carbocycles. The fourth-order valence-corrected chi connectivity index (χ4v) is 5.70. The SMILES string of the molecule is CCC[C@@H]1C[C@H]2C1C(C)(CNC(=O)c1cnn(C)c1-n1cccc1)[C@@H]2C. The fourth-order valence-electron chi connectivity index (χ4n) is 5.70. The first kappa shape index (κ1) is 17.4. The van der Waals surface area contributed by atoms with Crippen LogP contribution in [0.25, 0.3) is 5.82 Å². The Kier molecular flexibility index (Phi) is 4.20. The smallest absolute Gasteiger partial charge is 0.256 e. The van der Waals surface area contributed by atoms with Crippen LogP contribution in [0.5, 0.6) is 0 Å². The van der Waals surface area contributed by atoms with Crippen molar-refractivity contribution in [2.75, 3.05) is 6.54 Å². The number of carbonyl (C=O) groups is 1. The molecule has 0 spiro atoms. The molecule has 26 heavy (non-hydrogen) atoms. The standard InChI is InChI=1S/C21H30N4O/c1-5-8-15-11-16-14(2)21(3,18(15)16)13-22-19(26)17-12-23-24(4)20(17)25-9-6-7-10-25/h6-7,9-10,12,14-16,18H,5,8,11,13H2,1-4H3,(H,22,26)/t14-,15-,16-,18?,21?/m1/s1. The molecular formula is C21H30N4O. The van der Waals surface area contributed by atoms with Crippen molar-refractivity contribution < 1.29 is 4.79 Å². The predicted molar refractivity (Wildman–Crippen MR) is 102 cm³/mol. The number of hydrogen-bond donors (Lipinski definition) is 1. The van der Waals surface area contributed by atoms with Crippen molar-refractivity contribution in [3.8, 4) is 5.82 Å². The van der Waals surface area contributed by atoms with Crippen molar-refractivity contribution in [3.05, 3.63) is 36.3 Å². The minimum Gasteiger partial charge on any atom is -0.351 e. The van der Waals surface area contributed by atoms with Crippen molar-refractivity contribution in [2.24, 2.45) is 36.1 Å². The van der Waals surface area contributed by atoms with Crippen LogP contribution in [0.4, 0.5) is 0 Å². The van der Waals surface area contributed by atoms with Crippen LogP contribution in [0, 0.1) is 29.1 Å². The number of hydrogen-bond acceptors (Lipinski definition) is 2. The van der Waals surface area contributed by atoms with E-state index in [1.807, 2.05) is 36.1 Å². The molecule has 2 aromatic heterocycles. The third-order valence-electron chi connectivity index (χ3n) is 7.28. The lowest BCUT2D eigenvalue weighted by atomic mass is 9.36. The minimum atomic E-state index is -0.0231. The largest absolute Gasteiger partial charge is 0.351 e. The molecule has 5 heteroatoms. The van der Waals surface area contributed by atoms with Gasteiger partial charge in [-0.15, -0.1) is 0 Å². The van der Waals surface area contributed by atoms with Crippen LogP contribution in [-0.4, -0.2) is 26.8 Å². The molecule has 2 aliphatic carbocycles. The number of rotatable bonds is 6. The van der Waals surface area contributed by atoms with E-state index >= 15 is 0 Å². The maximum Gasteiger partial charge on any atom is 0.256 e. The molecule has 0 aromatic carbocycles. The van der Waals surface area contributed by atoms with Gasteiger partial charge in [0.05, 0.1) is 6.20 Å². The van der Waals surface area contributed by atoms with Gasteiger partial charge in [0.25, 0.3) is 5.91 Å². The summed E-state index contributed by atoms with van der Waals surface area (Å²) in [4.78, 5) is 12.9. The van der Waals surface area contributed by atoms with Crippen LogP contribution in [0.2, 0.25) is 0 Å². The lowest BCUT2D eigenvalue weighted by Gasteiger charge is -2.69. The van der Waals surface area contributed by atoms with Gasteiger partial charge in [0.1, 0.15) is 11.4 Å². The highest BCUT2D eigenvalue weighted by Crippen LogP contribution is 2.68. The molecule has 5 nitrogen and oxygen atoms in total. The third kappa shape index (κ3) is 2.43. The van der Waals surface area contributed by atoms with Crippen molar-refractivity contribution in [1.29, 1.82) is 0 Å². The Labute approximate surface area is 155 Å².